The fourth-order valence-electron chi connectivity index (χ4n) is 5.51. The van der Waals surface area contributed by atoms with Gasteiger partial charge in [0.15, 0.2) is 0 Å². The maximum Gasteiger partial charge on any atom is 0.264 e. The number of sulfonamides is 1. The summed E-state index contributed by atoms with van der Waals surface area (Å²) in [6.07, 6.45) is 5.24. The van der Waals surface area contributed by atoms with Crippen LogP contribution in [0.2, 0.25) is 15.1 Å². The SMILES string of the molecule is CCC(C(=O)NC1CCCCC1)N(Cc1ccc(Cl)c(Cl)c1)C(=O)CN(c1cc(Cl)ccc1OC)S(=O)(=O)c1ccc(C)cc1. The molecule has 1 saturated carbocycles. The van der Waals surface area contributed by atoms with Crippen LogP contribution in [0, 0.1) is 6.92 Å². The maximum atomic E-state index is 14.4. The summed E-state index contributed by atoms with van der Waals surface area (Å²) in [4.78, 5) is 29.5. The lowest BCUT2D eigenvalue weighted by Gasteiger charge is -2.34. The normalized spacial score (nSPS) is 14.4. The minimum Gasteiger partial charge on any atom is -0.495 e. The molecule has 242 valence electrons. The van der Waals surface area contributed by atoms with E-state index in [1.54, 1.807) is 42.5 Å². The molecule has 1 fully saturated rings. The van der Waals surface area contributed by atoms with Crippen molar-refractivity contribution in [2.45, 2.75) is 75.9 Å². The number of hydrogen-bond donors (Lipinski definition) is 1. The monoisotopic (exact) mass is 693 g/mol. The predicted molar refractivity (Wildman–Crippen MR) is 180 cm³/mol. The number of benzene rings is 3. The van der Waals surface area contributed by atoms with Gasteiger partial charge in [-0.3, -0.25) is 13.9 Å². The van der Waals surface area contributed by atoms with Crippen molar-refractivity contribution >= 4 is 62.3 Å². The molecular weight excluding hydrogens is 657 g/mol. The minimum atomic E-state index is -4.30. The van der Waals surface area contributed by atoms with Crippen molar-refractivity contribution in [1.82, 2.24) is 10.2 Å². The summed E-state index contributed by atoms with van der Waals surface area (Å²) in [5.41, 5.74) is 1.60. The van der Waals surface area contributed by atoms with Crippen LogP contribution in [0.5, 0.6) is 5.75 Å². The Kier molecular flexibility index (Phi) is 12.0. The lowest BCUT2D eigenvalue weighted by molar-refractivity contribution is -0.140. The van der Waals surface area contributed by atoms with E-state index in [9.17, 15) is 18.0 Å². The quantitative estimate of drug-likeness (QED) is 0.213. The van der Waals surface area contributed by atoms with Gasteiger partial charge in [-0.15, -0.1) is 0 Å². The molecule has 0 radical (unpaired) electrons. The second-order valence-corrected chi connectivity index (χ2v) is 14.3. The van der Waals surface area contributed by atoms with E-state index in [-0.39, 0.29) is 39.8 Å². The molecule has 3 aromatic rings. The van der Waals surface area contributed by atoms with Gasteiger partial charge in [-0.25, -0.2) is 8.42 Å². The van der Waals surface area contributed by atoms with E-state index in [1.807, 2.05) is 13.8 Å². The molecule has 0 aromatic heterocycles. The molecule has 0 heterocycles. The van der Waals surface area contributed by atoms with Crippen molar-refractivity contribution < 1.29 is 22.7 Å². The van der Waals surface area contributed by atoms with Gasteiger partial charge >= 0.3 is 0 Å². The van der Waals surface area contributed by atoms with Crippen molar-refractivity contribution in [3.8, 4) is 5.75 Å². The Bertz CT molecular complexity index is 1610. The number of methoxy groups -OCH3 is 1. The van der Waals surface area contributed by atoms with Crippen LogP contribution in [-0.4, -0.2) is 50.9 Å². The summed E-state index contributed by atoms with van der Waals surface area (Å²) in [5, 5.41) is 4.04. The van der Waals surface area contributed by atoms with Crippen molar-refractivity contribution in [1.29, 1.82) is 0 Å². The Labute approximate surface area is 280 Å². The number of hydrogen-bond acceptors (Lipinski definition) is 5. The number of rotatable bonds is 12. The Balaban J connectivity index is 1.77. The van der Waals surface area contributed by atoms with E-state index in [4.69, 9.17) is 39.5 Å². The number of carbonyl (C=O) groups is 2. The number of halogens is 3. The van der Waals surface area contributed by atoms with Gasteiger partial charge in [-0.05, 0) is 74.2 Å². The zero-order chi connectivity index (χ0) is 32.7. The summed E-state index contributed by atoms with van der Waals surface area (Å²) < 4.78 is 34.9. The summed E-state index contributed by atoms with van der Waals surface area (Å²) >= 11 is 18.8. The molecule has 3 aromatic carbocycles. The van der Waals surface area contributed by atoms with Crippen LogP contribution in [0.25, 0.3) is 0 Å². The van der Waals surface area contributed by atoms with Gasteiger partial charge in [-0.1, -0.05) is 84.8 Å². The second-order valence-electron chi connectivity index (χ2n) is 11.2. The molecule has 45 heavy (non-hydrogen) atoms. The number of nitrogens with one attached hydrogen (secondary N) is 1. The molecule has 1 atom stereocenters. The van der Waals surface area contributed by atoms with Crippen molar-refractivity contribution in [2.24, 2.45) is 0 Å². The van der Waals surface area contributed by atoms with Gasteiger partial charge in [0.2, 0.25) is 11.8 Å². The van der Waals surface area contributed by atoms with Crippen molar-refractivity contribution in [2.75, 3.05) is 18.0 Å². The molecule has 0 bridgehead atoms. The van der Waals surface area contributed by atoms with E-state index in [0.717, 1.165) is 42.0 Å². The third kappa shape index (κ3) is 8.64. The van der Waals surface area contributed by atoms with Gasteiger partial charge in [0.05, 0.1) is 27.7 Å². The molecule has 2 amide bonds. The summed E-state index contributed by atoms with van der Waals surface area (Å²) in [6.45, 7) is 3.04. The molecule has 1 aliphatic carbocycles. The fraction of sp³-hybridized carbons (Fsp3) is 0.394. The van der Waals surface area contributed by atoms with Gasteiger partial charge in [0.1, 0.15) is 18.3 Å². The molecule has 1 unspecified atom stereocenters. The number of carbonyl (C=O) groups excluding carboxylic acids is 2. The van der Waals surface area contributed by atoms with Crippen LogP contribution < -0.4 is 14.4 Å². The highest BCUT2D eigenvalue weighted by molar-refractivity contribution is 7.92. The van der Waals surface area contributed by atoms with Gasteiger partial charge in [0, 0.05) is 17.6 Å². The van der Waals surface area contributed by atoms with Crippen molar-refractivity contribution in [3.63, 3.8) is 0 Å². The maximum absolute atomic E-state index is 14.4. The summed E-state index contributed by atoms with van der Waals surface area (Å²) in [5.74, 6) is -0.670. The predicted octanol–water partition coefficient (Wildman–Crippen LogP) is 7.42. The summed E-state index contributed by atoms with van der Waals surface area (Å²) in [7, 11) is -2.89. The first-order valence-corrected chi connectivity index (χ1v) is 17.5. The molecule has 1 N–H and O–H groups in total. The molecular formula is C33H38Cl3N3O5S. The lowest BCUT2D eigenvalue weighted by Crippen LogP contribution is -2.54. The topological polar surface area (TPSA) is 96.0 Å². The van der Waals surface area contributed by atoms with Gasteiger partial charge in [-0.2, -0.15) is 0 Å². The van der Waals surface area contributed by atoms with E-state index in [2.05, 4.69) is 5.32 Å². The van der Waals surface area contributed by atoms with E-state index in [1.165, 1.54) is 30.2 Å². The third-order valence-electron chi connectivity index (χ3n) is 7.97. The minimum absolute atomic E-state index is 0.00256. The first-order valence-electron chi connectivity index (χ1n) is 14.9. The largest absolute Gasteiger partial charge is 0.495 e. The first-order chi connectivity index (χ1) is 21.4. The van der Waals surface area contributed by atoms with E-state index < -0.39 is 28.5 Å². The number of anilines is 1. The van der Waals surface area contributed by atoms with Crippen LogP contribution >= 0.6 is 34.8 Å². The zero-order valence-electron chi connectivity index (χ0n) is 25.6. The van der Waals surface area contributed by atoms with Gasteiger partial charge in [0.25, 0.3) is 10.0 Å². The van der Waals surface area contributed by atoms with Crippen molar-refractivity contribution in [3.05, 3.63) is 86.9 Å². The van der Waals surface area contributed by atoms with E-state index >= 15 is 0 Å². The zero-order valence-corrected chi connectivity index (χ0v) is 28.6. The molecule has 8 nitrogen and oxygen atoms in total. The molecule has 0 aliphatic heterocycles. The van der Waals surface area contributed by atoms with Crippen LogP contribution in [0.3, 0.4) is 0 Å². The lowest BCUT2D eigenvalue weighted by atomic mass is 9.95. The second kappa shape index (κ2) is 15.5. The summed E-state index contributed by atoms with van der Waals surface area (Å²) in [6, 6.07) is 15.0. The number of amides is 2. The third-order valence-corrected chi connectivity index (χ3v) is 10.7. The number of ether oxygens (including phenoxy) is 1. The molecule has 4 rings (SSSR count). The first kappa shape index (κ1) is 34.9. The molecule has 12 heteroatoms. The van der Waals surface area contributed by atoms with Crippen LogP contribution in [-0.2, 0) is 26.2 Å². The molecule has 0 saturated heterocycles. The van der Waals surface area contributed by atoms with Crippen LogP contribution in [0.1, 0.15) is 56.6 Å². The standard InChI is InChI=1S/C33H38Cl3N3O5S/c1-4-29(33(41)37-25-8-6-5-7-9-25)38(20-23-12-16-27(35)28(36)18-23)32(40)21-39(30-19-24(34)13-17-31(30)44-3)45(42,43)26-14-10-22(2)11-15-26/h10-19,25,29H,4-9,20-21H2,1-3H3,(H,37,41). The average Bonchev–Trinajstić information content (AvgIpc) is 3.02. The van der Waals surface area contributed by atoms with Crippen LogP contribution in [0.15, 0.2) is 65.6 Å². The molecule has 1 aliphatic rings. The average molecular weight is 695 g/mol. The Morgan fingerprint density at radius 3 is 2.27 bits per heavy atom. The highest BCUT2D eigenvalue weighted by Gasteiger charge is 2.35. The Morgan fingerprint density at radius 1 is 0.956 bits per heavy atom. The number of nitrogens with zero attached hydrogens (tertiary/aromatic N) is 2. The highest BCUT2D eigenvalue weighted by atomic mass is 35.5. The smallest absolute Gasteiger partial charge is 0.264 e. The van der Waals surface area contributed by atoms with Gasteiger partial charge < -0.3 is 15.0 Å². The molecule has 0 spiro atoms. The Morgan fingerprint density at radius 2 is 1.64 bits per heavy atom. The highest BCUT2D eigenvalue weighted by Crippen LogP contribution is 2.35. The van der Waals surface area contributed by atoms with Crippen LogP contribution in [0.4, 0.5) is 5.69 Å². The fourth-order valence-corrected chi connectivity index (χ4v) is 7.41. The number of aryl methyl sites for hydroxylation is 1. The van der Waals surface area contributed by atoms with E-state index in [0.29, 0.717) is 22.0 Å². The Hall–Kier alpha value is -2.98.